The zero-order chi connectivity index (χ0) is 16.6. The molecule has 1 aliphatic carbocycles. The average Bonchev–Trinajstić information content (AvgIpc) is 3.04. The molecule has 1 aliphatic rings. The first kappa shape index (κ1) is 16.9. The summed E-state index contributed by atoms with van der Waals surface area (Å²) in [4.78, 5) is 5.62. The summed E-state index contributed by atoms with van der Waals surface area (Å²) in [7, 11) is -0.687. The maximum Gasteiger partial charge on any atom is 0.214 e. The van der Waals surface area contributed by atoms with Gasteiger partial charge in [-0.1, -0.05) is 45.5 Å². The van der Waals surface area contributed by atoms with Crippen molar-refractivity contribution in [3.63, 3.8) is 0 Å². The summed E-state index contributed by atoms with van der Waals surface area (Å²) in [5.74, 6) is 0.762. The lowest BCUT2D eigenvalue weighted by Gasteiger charge is -2.28. The van der Waals surface area contributed by atoms with E-state index >= 15 is 0 Å². The van der Waals surface area contributed by atoms with Gasteiger partial charge in [-0.15, -0.1) is 5.10 Å². The molecule has 0 aliphatic heterocycles. The summed E-state index contributed by atoms with van der Waals surface area (Å²) >= 11 is 1.60. The molecule has 2 aromatic heterocycles. The van der Waals surface area contributed by atoms with Gasteiger partial charge in [0.25, 0.3) is 0 Å². The highest BCUT2D eigenvalue weighted by molar-refractivity contribution is 7.85. The molecular weight excluding hydrogens is 328 g/mol. The van der Waals surface area contributed by atoms with Crippen LogP contribution in [0.2, 0.25) is 0 Å². The molecule has 0 bridgehead atoms. The molecule has 0 radical (unpaired) electrons. The molecule has 0 amide bonds. The van der Waals surface area contributed by atoms with E-state index in [1.54, 1.807) is 11.3 Å². The lowest BCUT2D eigenvalue weighted by molar-refractivity contribution is 0.464. The van der Waals surface area contributed by atoms with Gasteiger partial charge in [-0.3, -0.25) is 4.21 Å². The number of hydrogen-bond acceptors (Lipinski definition) is 5. The highest BCUT2D eigenvalue weighted by Gasteiger charge is 2.26. The molecule has 1 N–H and O–H groups in total. The van der Waals surface area contributed by atoms with Gasteiger partial charge in [-0.2, -0.15) is 0 Å². The van der Waals surface area contributed by atoms with E-state index < -0.39 is 10.8 Å². The molecule has 2 aromatic rings. The van der Waals surface area contributed by atoms with Gasteiger partial charge in [0.1, 0.15) is 0 Å². The zero-order valence-corrected chi connectivity index (χ0v) is 16.0. The van der Waals surface area contributed by atoms with Gasteiger partial charge in [-0.05, 0) is 19.3 Å². The Balaban J connectivity index is 1.69. The van der Waals surface area contributed by atoms with Crippen LogP contribution in [0.1, 0.15) is 59.1 Å². The lowest BCUT2D eigenvalue weighted by Crippen LogP contribution is -2.33. The molecule has 5 nitrogen and oxygen atoms in total. The van der Waals surface area contributed by atoms with Gasteiger partial charge in [0.05, 0.1) is 11.9 Å². The van der Waals surface area contributed by atoms with E-state index in [4.69, 9.17) is 0 Å². The van der Waals surface area contributed by atoms with Gasteiger partial charge in [-0.25, -0.2) is 9.50 Å². The fourth-order valence-electron chi connectivity index (χ4n) is 3.04. The number of aromatic nitrogens is 3. The lowest BCUT2D eigenvalue weighted by atomic mass is 9.93. The van der Waals surface area contributed by atoms with Crippen molar-refractivity contribution in [1.82, 2.24) is 14.6 Å². The van der Waals surface area contributed by atoms with Crippen LogP contribution in [0.3, 0.4) is 0 Å². The van der Waals surface area contributed by atoms with E-state index in [0.29, 0.717) is 11.3 Å². The van der Waals surface area contributed by atoms with Crippen LogP contribution in [-0.2, 0) is 16.2 Å². The third-order valence-electron chi connectivity index (χ3n) is 4.42. The standard InChI is InChI=1S/C16H26N4OS2/c1-5-23(21)12-8-6-7-11(9-12)17-14-19-20-10-13(16(2,3)4)18-15(20)22-14/h10-12H,5-9H2,1-4H3,(H,17,19). The number of nitrogens with one attached hydrogen (secondary N) is 1. The van der Waals surface area contributed by atoms with Crippen molar-refractivity contribution in [2.45, 2.75) is 70.1 Å². The summed E-state index contributed by atoms with van der Waals surface area (Å²) < 4.78 is 13.9. The third-order valence-corrected chi connectivity index (χ3v) is 7.02. The molecule has 3 rings (SSSR count). The molecule has 0 saturated heterocycles. The predicted molar refractivity (Wildman–Crippen MR) is 97.9 cm³/mol. The van der Waals surface area contributed by atoms with Crippen molar-refractivity contribution in [2.24, 2.45) is 0 Å². The van der Waals surface area contributed by atoms with Crippen LogP contribution < -0.4 is 5.32 Å². The van der Waals surface area contributed by atoms with E-state index in [0.717, 1.165) is 47.2 Å². The summed E-state index contributed by atoms with van der Waals surface area (Å²) in [6, 6.07) is 0.377. The Morgan fingerprint density at radius 2 is 2.22 bits per heavy atom. The Bertz CT molecular complexity index is 669. The largest absolute Gasteiger partial charge is 0.357 e. The van der Waals surface area contributed by atoms with Crippen molar-refractivity contribution < 1.29 is 4.21 Å². The maximum absolute atomic E-state index is 12.1. The highest BCUT2D eigenvalue weighted by Crippen LogP contribution is 2.29. The topological polar surface area (TPSA) is 59.3 Å². The number of nitrogens with zero attached hydrogens (tertiary/aromatic N) is 3. The number of hydrogen-bond donors (Lipinski definition) is 1. The van der Waals surface area contributed by atoms with Gasteiger partial charge in [0, 0.05) is 33.3 Å². The monoisotopic (exact) mass is 354 g/mol. The summed E-state index contributed by atoms with van der Waals surface area (Å²) in [6.07, 6.45) is 6.37. The smallest absolute Gasteiger partial charge is 0.214 e. The molecular formula is C16H26N4OS2. The third kappa shape index (κ3) is 3.76. The fraction of sp³-hybridized carbons (Fsp3) is 0.750. The maximum atomic E-state index is 12.1. The van der Waals surface area contributed by atoms with Crippen LogP contribution in [-0.4, -0.2) is 35.9 Å². The first-order valence-electron chi connectivity index (χ1n) is 8.37. The Morgan fingerprint density at radius 3 is 2.87 bits per heavy atom. The molecule has 7 heteroatoms. The molecule has 23 heavy (non-hydrogen) atoms. The number of imidazole rings is 1. The van der Waals surface area contributed by atoms with Crippen LogP contribution in [0.4, 0.5) is 5.13 Å². The van der Waals surface area contributed by atoms with E-state index in [9.17, 15) is 4.21 Å². The minimum absolute atomic E-state index is 0.0435. The van der Waals surface area contributed by atoms with E-state index in [1.807, 2.05) is 17.6 Å². The molecule has 2 heterocycles. The Labute approximate surface area is 144 Å². The molecule has 1 fully saturated rings. The van der Waals surface area contributed by atoms with Crippen molar-refractivity contribution in [2.75, 3.05) is 11.1 Å². The highest BCUT2D eigenvalue weighted by atomic mass is 32.2. The van der Waals surface area contributed by atoms with Crippen molar-refractivity contribution >= 4 is 32.2 Å². The first-order chi connectivity index (χ1) is 10.9. The second-order valence-electron chi connectivity index (χ2n) is 7.31. The molecule has 3 unspecified atom stereocenters. The second-order valence-corrected chi connectivity index (χ2v) is 10.3. The van der Waals surface area contributed by atoms with E-state index in [1.165, 1.54) is 0 Å². The van der Waals surface area contributed by atoms with Crippen molar-refractivity contribution in [3.05, 3.63) is 11.9 Å². The Hall–Kier alpha value is -0.950. The van der Waals surface area contributed by atoms with Crippen LogP contribution >= 0.6 is 11.3 Å². The van der Waals surface area contributed by atoms with Crippen LogP contribution in [0.25, 0.3) is 4.96 Å². The fourth-order valence-corrected chi connectivity index (χ4v) is 5.25. The molecule has 128 valence electrons. The van der Waals surface area contributed by atoms with Gasteiger partial charge in [0.2, 0.25) is 10.1 Å². The first-order valence-corrected chi connectivity index (χ1v) is 10.6. The van der Waals surface area contributed by atoms with Crippen LogP contribution in [0, 0.1) is 0 Å². The number of rotatable bonds is 4. The number of anilines is 1. The Kier molecular flexibility index (Phi) is 4.78. The van der Waals surface area contributed by atoms with Crippen molar-refractivity contribution in [3.8, 4) is 0 Å². The summed E-state index contributed by atoms with van der Waals surface area (Å²) in [5, 5.41) is 9.41. The average molecular weight is 355 g/mol. The SMILES string of the molecule is CCS(=O)C1CCCC(Nc2nn3cc(C(C)(C)C)nc3s2)C1. The van der Waals surface area contributed by atoms with E-state index in [2.05, 4.69) is 36.2 Å². The minimum atomic E-state index is -0.687. The van der Waals surface area contributed by atoms with Gasteiger partial charge in [0.15, 0.2) is 0 Å². The molecule has 0 aromatic carbocycles. The van der Waals surface area contributed by atoms with E-state index in [-0.39, 0.29) is 5.41 Å². The summed E-state index contributed by atoms with van der Waals surface area (Å²) in [5.41, 5.74) is 1.11. The minimum Gasteiger partial charge on any atom is -0.357 e. The predicted octanol–water partition coefficient (Wildman–Crippen LogP) is 3.58. The molecule has 1 saturated carbocycles. The Morgan fingerprint density at radius 1 is 1.43 bits per heavy atom. The number of fused-ring (bicyclic) bond motifs is 1. The van der Waals surface area contributed by atoms with Gasteiger partial charge < -0.3 is 5.32 Å². The zero-order valence-electron chi connectivity index (χ0n) is 14.3. The molecule has 3 atom stereocenters. The van der Waals surface area contributed by atoms with Crippen LogP contribution in [0.15, 0.2) is 6.20 Å². The van der Waals surface area contributed by atoms with Gasteiger partial charge >= 0.3 is 0 Å². The quantitative estimate of drug-likeness (QED) is 0.912. The summed E-state index contributed by atoms with van der Waals surface area (Å²) in [6.45, 7) is 8.49. The molecule has 0 spiro atoms. The second kappa shape index (κ2) is 6.51. The van der Waals surface area contributed by atoms with Crippen molar-refractivity contribution in [1.29, 1.82) is 0 Å². The van der Waals surface area contributed by atoms with Crippen LogP contribution in [0.5, 0.6) is 0 Å². The normalized spacial score (nSPS) is 24.0.